The summed E-state index contributed by atoms with van der Waals surface area (Å²) in [7, 11) is -4.09. The van der Waals surface area contributed by atoms with Crippen molar-refractivity contribution in [2.75, 3.05) is 19.6 Å². The summed E-state index contributed by atoms with van der Waals surface area (Å²) in [6, 6.07) is 15.8. The van der Waals surface area contributed by atoms with E-state index in [1.165, 1.54) is 39.7 Å². The first-order valence-electron chi connectivity index (χ1n) is 16.1. The number of amides is 4. The Morgan fingerprint density at radius 2 is 1.63 bits per heavy atom. The Balaban J connectivity index is 1.59. The fraction of sp³-hybridized carbons (Fsp3) is 0.400. The molecule has 2 aromatic carbocycles. The number of oxime groups is 1. The van der Waals surface area contributed by atoms with E-state index in [0.29, 0.717) is 11.1 Å². The molecule has 14 heteroatoms. The number of pyridine rings is 1. The van der Waals surface area contributed by atoms with Gasteiger partial charge in [-0.25, -0.2) is 13.2 Å². The van der Waals surface area contributed by atoms with Crippen LogP contribution in [-0.4, -0.2) is 99.7 Å². The molecular formula is C35H44N6O7S. The van der Waals surface area contributed by atoms with Crippen LogP contribution in [0.4, 0.5) is 4.79 Å². The molecule has 1 aromatic heterocycles. The minimum Gasteiger partial charge on any atom is -0.411 e. The van der Waals surface area contributed by atoms with Crippen LogP contribution in [0.25, 0.3) is 0 Å². The molecule has 49 heavy (non-hydrogen) atoms. The minimum atomic E-state index is -4.09. The number of imide groups is 1. The lowest BCUT2D eigenvalue weighted by atomic mass is 9.97. The van der Waals surface area contributed by atoms with Crippen LogP contribution in [-0.2, 0) is 32.6 Å². The maximum atomic E-state index is 14.0. The number of benzene rings is 2. The number of aliphatic hydroxyl groups is 1. The lowest BCUT2D eigenvalue weighted by molar-refractivity contribution is -0.129. The summed E-state index contributed by atoms with van der Waals surface area (Å²) in [6.07, 6.45) is 3.13. The Morgan fingerprint density at radius 3 is 2.22 bits per heavy atom. The Kier molecular flexibility index (Phi) is 12.6. The Labute approximate surface area is 287 Å². The van der Waals surface area contributed by atoms with Gasteiger partial charge in [-0.3, -0.25) is 19.5 Å². The number of urea groups is 1. The Morgan fingerprint density at radius 1 is 0.980 bits per heavy atom. The first kappa shape index (κ1) is 37.2. The van der Waals surface area contributed by atoms with Gasteiger partial charge in [-0.15, -0.1) is 0 Å². The molecule has 0 aliphatic carbocycles. The Hall–Kier alpha value is -4.66. The van der Waals surface area contributed by atoms with E-state index in [9.17, 15) is 27.9 Å². The van der Waals surface area contributed by atoms with E-state index in [2.05, 4.69) is 15.5 Å². The molecule has 0 saturated carbocycles. The van der Waals surface area contributed by atoms with Crippen molar-refractivity contribution >= 4 is 34.1 Å². The summed E-state index contributed by atoms with van der Waals surface area (Å²) in [5.74, 6) is -1.50. The van der Waals surface area contributed by atoms with Gasteiger partial charge in [0, 0.05) is 25.5 Å². The molecule has 1 aliphatic rings. The third-order valence-electron chi connectivity index (χ3n) is 8.18. The number of hydrogen-bond acceptors (Lipinski definition) is 9. The average Bonchev–Trinajstić information content (AvgIpc) is 3.33. The van der Waals surface area contributed by atoms with E-state index in [0.717, 1.165) is 10.5 Å². The van der Waals surface area contributed by atoms with Crippen LogP contribution in [0.15, 0.2) is 89.2 Å². The van der Waals surface area contributed by atoms with Crippen molar-refractivity contribution in [2.24, 2.45) is 17.0 Å². The number of carbonyl (C=O) groups is 3. The smallest absolute Gasteiger partial charge is 0.328 e. The normalized spacial score (nSPS) is 15.8. The van der Waals surface area contributed by atoms with Gasteiger partial charge in [0.15, 0.2) is 0 Å². The Bertz CT molecular complexity index is 1700. The van der Waals surface area contributed by atoms with Crippen molar-refractivity contribution in [1.82, 2.24) is 24.4 Å². The van der Waals surface area contributed by atoms with Crippen LogP contribution in [0.3, 0.4) is 0 Å². The number of aromatic nitrogens is 1. The van der Waals surface area contributed by atoms with Crippen molar-refractivity contribution in [2.45, 2.75) is 63.7 Å². The van der Waals surface area contributed by atoms with Crippen LogP contribution >= 0.6 is 0 Å². The zero-order chi connectivity index (χ0) is 35.7. The predicted molar refractivity (Wildman–Crippen MR) is 183 cm³/mol. The van der Waals surface area contributed by atoms with E-state index < -0.39 is 52.0 Å². The summed E-state index contributed by atoms with van der Waals surface area (Å²) in [6.45, 7) is 6.78. The zero-order valence-corrected chi connectivity index (χ0v) is 28.9. The minimum absolute atomic E-state index is 0.00695. The number of nitrogens with one attached hydrogen (secondary N) is 1. The van der Waals surface area contributed by atoms with E-state index in [1.807, 2.05) is 44.2 Å². The first-order valence-corrected chi connectivity index (χ1v) is 17.6. The molecule has 0 radical (unpaired) electrons. The second-order valence-corrected chi connectivity index (χ2v) is 14.8. The van der Waals surface area contributed by atoms with E-state index in [1.54, 1.807) is 38.4 Å². The zero-order valence-electron chi connectivity index (χ0n) is 28.1. The standard InChI is InChI=1S/C35H44N6O7S/c1-24(2)20-39(49(47,48)29-12-10-27(11-13-29)19-37-46)22-31(42)30(18-26-8-6-5-7-9-26)38-34(44)33(25(3)4)41-23-32(43)40(35(41)45)21-28-14-16-36-17-15-28/h5-17,19,24-25,30-31,33,42,46H,18,20-23H2,1-4H3,(H,38,44)/b37-19+/t30-,31+,33?/m0/s1. The fourth-order valence-corrected chi connectivity index (χ4v) is 7.40. The highest BCUT2D eigenvalue weighted by atomic mass is 32.2. The fourth-order valence-electron chi connectivity index (χ4n) is 5.78. The van der Waals surface area contributed by atoms with Crippen molar-refractivity contribution in [3.63, 3.8) is 0 Å². The molecule has 3 N–H and O–H groups in total. The predicted octanol–water partition coefficient (Wildman–Crippen LogP) is 3.11. The van der Waals surface area contributed by atoms with Crippen LogP contribution in [0.1, 0.15) is 44.4 Å². The van der Waals surface area contributed by atoms with E-state index in [4.69, 9.17) is 5.21 Å². The molecule has 1 aliphatic heterocycles. The van der Waals surface area contributed by atoms with Crippen LogP contribution in [0.2, 0.25) is 0 Å². The summed E-state index contributed by atoms with van der Waals surface area (Å²) in [5, 5.41) is 26.4. The lowest BCUT2D eigenvalue weighted by Crippen LogP contribution is -2.57. The molecule has 1 unspecified atom stereocenters. The third kappa shape index (κ3) is 9.49. The van der Waals surface area contributed by atoms with Gasteiger partial charge >= 0.3 is 6.03 Å². The quantitative estimate of drug-likeness (QED) is 0.0889. The summed E-state index contributed by atoms with van der Waals surface area (Å²) < 4.78 is 28.9. The van der Waals surface area contributed by atoms with Gasteiger partial charge in [0.05, 0.1) is 29.8 Å². The topological polar surface area (TPSA) is 173 Å². The monoisotopic (exact) mass is 692 g/mol. The van der Waals surface area contributed by atoms with Gasteiger partial charge in [-0.2, -0.15) is 4.31 Å². The van der Waals surface area contributed by atoms with Gasteiger partial charge in [-0.1, -0.05) is 75.3 Å². The number of nitrogens with zero attached hydrogens (tertiary/aromatic N) is 5. The second kappa shape index (κ2) is 16.6. The summed E-state index contributed by atoms with van der Waals surface area (Å²) in [4.78, 5) is 46.9. The van der Waals surface area contributed by atoms with Crippen molar-refractivity contribution in [1.29, 1.82) is 0 Å². The average molecular weight is 693 g/mol. The molecule has 13 nitrogen and oxygen atoms in total. The largest absolute Gasteiger partial charge is 0.411 e. The van der Waals surface area contributed by atoms with Crippen LogP contribution in [0.5, 0.6) is 0 Å². The molecule has 4 rings (SSSR count). The summed E-state index contributed by atoms with van der Waals surface area (Å²) >= 11 is 0. The maximum absolute atomic E-state index is 14.0. The third-order valence-corrected chi connectivity index (χ3v) is 10.0. The number of carbonyl (C=O) groups excluding carboxylic acids is 3. The molecule has 3 atom stereocenters. The van der Waals surface area contributed by atoms with Crippen LogP contribution in [0, 0.1) is 11.8 Å². The first-order chi connectivity index (χ1) is 23.3. The van der Waals surface area contributed by atoms with Gasteiger partial charge in [-0.05, 0) is 59.2 Å². The van der Waals surface area contributed by atoms with Gasteiger partial charge in [0.1, 0.15) is 12.6 Å². The SMILES string of the molecule is CC(C)CN(C[C@@H](O)[C@H](Cc1ccccc1)NC(=O)C(C(C)C)N1CC(=O)N(Cc2ccncc2)C1=O)S(=O)(=O)c1ccc(/C=N/O)cc1. The van der Waals surface area contributed by atoms with Crippen molar-refractivity contribution in [3.8, 4) is 0 Å². The second-order valence-electron chi connectivity index (χ2n) is 12.8. The summed E-state index contributed by atoms with van der Waals surface area (Å²) in [5.41, 5.74) is 2.01. The van der Waals surface area contributed by atoms with Gasteiger partial charge in [0.25, 0.3) is 5.91 Å². The molecule has 262 valence electrons. The van der Waals surface area contributed by atoms with Crippen LogP contribution < -0.4 is 5.32 Å². The molecule has 0 bridgehead atoms. The van der Waals surface area contributed by atoms with E-state index in [-0.39, 0.29) is 43.4 Å². The van der Waals surface area contributed by atoms with Gasteiger partial charge < -0.3 is 20.5 Å². The highest BCUT2D eigenvalue weighted by Crippen LogP contribution is 2.23. The number of sulfonamides is 1. The molecule has 2 heterocycles. The molecule has 1 fully saturated rings. The maximum Gasteiger partial charge on any atom is 0.328 e. The van der Waals surface area contributed by atoms with Crippen molar-refractivity contribution in [3.05, 3.63) is 95.8 Å². The molecule has 3 aromatic rings. The molecular weight excluding hydrogens is 648 g/mol. The highest BCUT2D eigenvalue weighted by Gasteiger charge is 2.44. The lowest BCUT2D eigenvalue weighted by Gasteiger charge is -2.34. The molecule has 0 spiro atoms. The highest BCUT2D eigenvalue weighted by molar-refractivity contribution is 7.89. The van der Waals surface area contributed by atoms with Crippen molar-refractivity contribution < 1.29 is 33.1 Å². The van der Waals surface area contributed by atoms with E-state index >= 15 is 0 Å². The number of rotatable bonds is 16. The number of aliphatic hydroxyl groups excluding tert-OH is 1. The van der Waals surface area contributed by atoms with Gasteiger partial charge in [0.2, 0.25) is 15.9 Å². The molecule has 1 saturated heterocycles. The molecule has 4 amide bonds. The number of hydrogen-bond donors (Lipinski definition) is 3.